The van der Waals surface area contributed by atoms with Gasteiger partial charge in [-0.05, 0) is 32.4 Å². The third-order valence-electron chi connectivity index (χ3n) is 3.81. The first kappa shape index (κ1) is 17.5. The molecule has 0 aliphatic rings. The SMILES string of the molecule is Cc1cc(C)n2nc(C(=O)OCC(=O)N[C@H](C)c3ccccc3)nc2n1. The zero-order valence-electron chi connectivity index (χ0n) is 14.8. The number of rotatable bonds is 5. The molecule has 0 saturated carbocycles. The standard InChI is InChI=1S/C18H19N5O3/c1-11-9-12(2)23-18(19-11)21-16(22-23)17(25)26-10-15(24)20-13(3)14-7-5-4-6-8-14/h4-9,13H,10H2,1-3H3,(H,20,24)/t13-/m1/s1. The van der Waals surface area contributed by atoms with E-state index < -0.39 is 18.5 Å². The van der Waals surface area contributed by atoms with Gasteiger partial charge in [-0.2, -0.15) is 4.98 Å². The lowest BCUT2D eigenvalue weighted by atomic mass is 10.1. The zero-order chi connectivity index (χ0) is 18.7. The van der Waals surface area contributed by atoms with Gasteiger partial charge in [0.05, 0.1) is 6.04 Å². The Kier molecular flexibility index (Phi) is 4.92. The minimum absolute atomic E-state index is 0.130. The molecule has 0 bridgehead atoms. The minimum atomic E-state index is -0.768. The van der Waals surface area contributed by atoms with E-state index in [2.05, 4.69) is 20.4 Å². The van der Waals surface area contributed by atoms with Gasteiger partial charge in [0.15, 0.2) is 6.61 Å². The predicted molar refractivity (Wildman–Crippen MR) is 93.5 cm³/mol. The number of carbonyl (C=O) groups excluding carboxylic acids is 2. The Morgan fingerprint density at radius 1 is 1.19 bits per heavy atom. The van der Waals surface area contributed by atoms with Gasteiger partial charge in [0.1, 0.15) is 0 Å². The van der Waals surface area contributed by atoms with Crippen molar-refractivity contribution < 1.29 is 14.3 Å². The Morgan fingerprint density at radius 3 is 2.65 bits per heavy atom. The van der Waals surface area contributed by atoms with Crippen LogP contribution in [0.1, 0.15) is 40.5 Å². The Morgan fingerprint density at radius 2 is 1.92 bits per heavy atom. The van der Waals surface area contributed by atoms with Crippen LogP contribution in [0.4, 0.5) is 0 Å². The molecule has 0 fully saturated rings. The van der Waals surface area contributed by atoms with Gasteiger partial charge in [-0.25, -0.2) is 14.3 Å². The number of carbonyl (C=O) groups is 2. The predicted octanol–water partition coefficient (Wildman–Crippen LogP) is 1.78. The fraction of sp³-hybridized carbons (Fsp3) is 0.278. The van der Waals surface area contributed by atoms with Crippen molar-refractivity contribution in [2.75, 3.05) is 6.61 Å². The quantitative estimate of drug-likeness (QED) is 0.702. The molecule has 2 aromatic heterocycles. The van der Waals surface area contributed by atoms with Crippen molar-refractivity contribution in [2.24, 2.45) is 0 Å². The van der Waals surface area contributed by atoms with Crippen molar-refractivity contribution in [1.29, 1.82) is 0 Å². The van der Waals surface area contributed by atoms with Crippen LogP contribution >= 0.6 is 0 Å². The highest BCUT2D eigenvalue weighted by atomic mass is 16.5. The number of esters is 1. The van der Waals surface area contributed by atoms with E-state index >= 15 is 0 Å². The molecule has 0 radical (unpaired) electrons. The highest BCUT2D eigenvalue weighted by Crippen LogP contribution is 2.11. The molecule has 0 aliphatic carbocycles. The summed E-state index contributed by atoms with van der Waals surface area (Å²) in [6.07, 6.45) is 0. The summed E-state index contributed by atoms with van der Waals surface area (Å²) in [5.74, 6) is -0.981. The molecule has 3 rings (SSSR count). The molecule has 1 N–H and O–H groups in total. The lowest BCUT2D eigenvalue weighted by molar-refractivity contribution is -0.124. The maximum atomic E-state index is 12.1. The van der Waals surface area contributed by atoms with Gasteiger partial charge in [-0.3, -0.25) is 4.79 Å². The smallest absolute Gasteiger partial charge is 0.378 e. The maximum Gasteiger partial charge on any atom is 0.378 e. The molecule has 26 heavy (non-hydrogen) atoms. The monoisotopic (exact) mass is 353 g/mol. The second-order valence-electron chi connectivity index (χ2n) is 5.96. The highest BCUT2D eigenvalue weighted by molar-refractivity contribution is 5.88. The molecule has 0 spiro atoms. The van der Waals surface area contributed by atoms with Crippen LogP contribution in [0.25, 0.3) is 5.78 Å². The lowest BCUT2D eigenvalue weighted by Gasteiger charge is -2.13. The second kappa shape index (κ2) is 7.30. The number of fused-ring (bicyclic) bond motifs is 1. The molecule has 0 unspecified atom stereocenters. The van der Waals surface area contributed by atoms with Crippen molar-refractivity contribution in [3.63, 3.8) is 0 Å². The van der Waals surface area contributed by atoms with Gasteiger partial charge in [-0.15, -0.1) is 5.10 Å². The van der Waals surface area contributed by atoms with Crippen LogP contribution in [0, 0.1) is 13.8 Å². The molecule has 1 aromatic carbocycles. The van der Waals surface area contributed by atoms with Crippen LogP contribution in [-0.2, 0) is 9.53 Å². The van der Waals surface area contributed by atoms with Gasteiger partial charge in [0.25, 0.3) is 17.5 Å². The van der Waals surface area contributed by atoms with Crippen LogP contribution in [0.2, 0.25) is 0 Å². The van der Waals surface area contributed by atoms with Crippen molar-refractivity contribution in [2.45, 2.75) is 26.8 Å². The molecule has 2 heterocycles. The molecule has 1 amide bonds. The lowest BCUT2D eigenvalue weighted by Crippen LogP contribution is -2.31. The first-order valence-electron chi connectivity index (χ1n) is 8.16. The fourth-order valence-electron chi connectivity index (χ4n) is 2.56. The zero-order valence-corrected chi connectivity index (χ0v) is 14.8. The Labute approximate surface area is 150 Å². The van der Waals surface area contributed by atoms with E-state index in [0.717, 1.165) is 17.0 Å². The molecule has 8 heteroatoms. The molecule has 134 valence electrons. The van der Waals surface area contributed by atoms with E-state index in [4.69, 9.17) is 4.74 Å². The van der Waals surface area contributed by atoms with Gasteiger partial charge in [0, 0.05) is 11.4 Å². The van der Waals surface area contributed by atoms with Crippen molar-refractivity contribution >= 4 is 17.7 Å². The highest BCUT2D eigenvalue weighted by Gasteiger charge is 2.18. The molecule has 0 saturated heterocycles. The second-order valence-corrected chi connectivity index (χ2v) is 5.96. The number of nitrogens with one attached hydrogen (secondary N) is 1. The van der Waals surface area contributed by atoms with Gasteiger partial charge < -0.3 is 10.1 Å². The van der Waals surface area contributed by atoms with E-state index in [1.807, 2.05) is 57.2 Å². The van der Waals surface area contributed by atoms with Gasteiger partial charge in [-0.1, -0.05) is 30.3 Å². The van der Waals surface area contributed by atoms with E-state index in [-0.39, 0.29) is 11.9 Å². The number of benzene rings is 1. The van der Waals surface area contributed by atoms with Gasteiger partial charge >= 0.3 is 5.97 Å². The van der Waals surface area contributed by atoms with Crippen LogP contribution in [0.5, 0.6) is 0 Å². The third kappa shape index (κ3) is 3.85. The average molecular weight is 353 g/mol. The number of amides is 1. The Balaban J connectivity index is 1.60. The summed E-state index contributed by atoms with van der Waals surface area (Å²) >= 11 is 0. The number of aryl methyl sites for hydroxylation is 2. The molecule has 8 nitrogen and oxygen atoms in total. The number of nitrogens with zero attached hydrogens (tertiary/aromatic N) is 4. The summed E-state index contributed by atoms with van der Waals surface area (Å²) < 4.78 is 6.47. The summed E-state index contributed by atoms with van der Waals surface area (Å²) in [4.78, 5) is 32.4. The molecular weight excluding hydrogens is 334 g/mol. The largest absolute Gasteiger partial charge is 0.450 e. The number of ether oxygens (including phenoxy) is 1. The Bertz CT molecular complexity index is 952. The van der Waals surface area contributed by atoms with E-state index in [0.29, 0.717) is 5.78 Å². The molecule has 1 atom stereocenters. The van der Waals surface area contributed by atoms with E-state index in [1.165, 1.54) is 4.52 Å². The fourth-order valence-corrected chi connectivity index (χ4v) is 2.56. The molecule has 0 aliphatic heterocycles. The van der Waals surface area contributed by atoms with Crippen LogP contribution in [0.3, 0.4) is 0 Å². The number of hydrogen-bond acceptors (Lipinski definition) is 6. The number of hydrogen-bond donors (Lipinski definition) is 1. The van der Waals surface area contributed by atoms with Crippen LogP contribution < -0.4 is 5.32 Å². The summed E-state index contributed by atoms with van der Waals surface area (Å²) in [5.41, 5.74) is 2.54. The van der Waals surface area contributed by atoms with Crippen molar-refractivity contribution in [1.82, 2.24) is 24.9 Å². The van der Waals surface area contributed by atoms with Crippen molar-refractivity contribution in [3.8, 4) is 0 Å². The average Bonchev–Trinajstić information content (AvgIpc) is 3.05. The third-order valence-corrected chi connectivity index (χ3v) is 3.81. The number of aromatic nitrogens is 4. The Hall–Kier alpha value is -3.29. The summed E-state index contributed by atoms with van der Waals surface area (Å²) in [6.45, 7) is 5.12. The summed E-state index contributed by atoms with van der Waals surface area (Å²) in [7, 11) is 0. The van der Waals surface area contributed by atoms with Crippen molar-refractivity contribution in [3.05, 3.63) is 59.2 Å². The van der Waals surface area contributed by atoms with E-state index in [1.54, 1.807) is 0 Å². The normalized spacial score (nSPS) is 12.0. The van der Waals surface area contributed by atoms with E-state index in [9.17, 15) is 9.59 Å². The van der Waals surface area contributed by atoms with Gasteiger partial charge in [0.2, 0.25) is 0 Å². The maximum absolute atomic E-state index is 12.1. The van der Waals surface area contributed by atoms with Crippen LogP contribution in [0.15, 0.2) is 36.4 Å². The van der Waals surface area contributed by atoms with Crippen LogP contribution in [-0.4, -0.2) is 38.1 Å². The molecular formula is C18H19N5O3. The molecule has 3 aromatic rings. The topological polar surface area (TPSA) is 98.5 Å². The first-order chi connectivity index (χ1) is 12.4. The first-order valence-corrected chi connectivity index (χ1v) is 8.16. The summed E-state index contributed by atoms with van der Waals surface area (Å²) in [6, 6.07) is 11.2. The minimum Gasteiger partial charge on any atom is -0.450 e. The summed E-state index contributed by atoms with van der Waals surface area (Å²) in [5, 5.41) is 6.85.